The van der Waals surface area contributed by atoms with Gasteiger partial charge in [-0.15, -0.1) is 0 Å². The van der Waals surface area contributed by atoms with Gasteiger partial charge in [0.05, 0.1) is 21.5 Å². The largest absolute Gasteiger partial charge is 0.381 e. The minimum atomic E-state index is -4.42. The molecule has 0 unspecified atom stereocenters. The number of nitro benzene ring substituents is 1. The highest BCUT2D eigenvalue weighted by molar-refractivity contribution is 7.90. The van der Waals surface area contributed by atoms with Crippen molar-refractivity contribution in [1.29, 1.82) is 0 Å². The molecule has 0 bridgehead atoms. The number of nitrogens with one attached hydrogen (secondary N) is 2. The summed E-state index contributed by atoms with van der Waals surface area (Å²) in [6.45, 7) is 8.96. The molecule has 2 N–H and O–H groups in total. The molecular weight excluding hydrogens is 714 g/mol. The summed E-state index contributed by atoms with van der Waals surface area (Å²) < 4.78 is 34.5. The molecule has 1 aliphatic heterocycles. The molecule has 0 atom stereocenters. The second-order valence-electron chi connectivity index (χ2n) is 15.3. The van der Waals surface area contributed by atoms with Gasteiger partial charge in [-0.2, -0.15) is 0 Å². The van der Waals surface area contributed by atoms with Crippen LogP contribution in [-0.4, -0.2) is 76.6 Å². The minimum Gasteiger partial charge on any atom is -0.381 e. The number of sulfonamides is 1. The van der Waals surface area contributed by atoms with Gasteiger partial charge in [-0.1, -0.05) is 55.3 Å². The molecular formula is C40H50ClN5O6S. The van der Waals surface area contributed by atoms with E-state index < -0.39 is 20.9 Å². The van der Waals surface area contributed by atoms with E-state index in [-0.39, 0.29) is 33.4 Å². The van der Waals surface area contributed by atoms with Crippen LogP contribution < -0.4 is 14.9 Å². The highest BCUT2D eigenvalue weighted by Gasteiger charge is 2.31. The topological polar surface area (TPSA) is 134 Å². The fourth-order valence-electron chi connectivity index (χ4n) is 7.86. The molecule has 1 saturated carbocycles. The molecule has 11 nitrogen and oxygen atoms in total. The average molecular weight is 764 g/mol. The van der Waals surface area contributed by atoms with Crippen LogP contribution in [0.2, 0.25) is 5.02 Å². The van der Waals surface area contributed by atoms with E-state index in [0.717, 1.165) is 75.7 Å². The first-order chi connectivity index (χ1) is 25.3. The zero-order chi connectivity index (χ0) is 37.8. The van der Waals surface area contributed by atoms with Gasteiger partial charge in [0.2, 0.25) is 0 Å². The van der Waals surface area contributed by atoms with E-state index >= 15 is 0 Å². The third kappa shape index (κ3) is 9.59. The van der Waals surface area contributed by atoms with Crippen LogP contribution in [-0.2, 0) is 14.8 Å². The molecule has 3 aromatic rings. The smallest absolute Gasteiger partial charge is 0.293 e. The van der Waals surface area contributed by atoms with E-state index in [1.165, 1.54) is 28.8 Å². The molecule has 1 amide bonds. The van der Waals surface area contributed by atoms with Crippen LogP contribution in [0.15, 0.2) is 77.2 Å². The summed E-state index contributed by atoms with van der Waals surface area (Å²) in [7, 11) is -2.71. The van der Waals surface area contributed by atoms with E-state index in [4.69, 9.17) is 16.3 Å². The summed E-state index contributed by atoms with van der Waals surface area (Å²) in [5, 5.41) is 15.9. The maximum absolute atomic E-state index is 13.6. The number of rotatable bonds is 12. The summed E-state index contributed by atoms with van der Waals surface area (Å²) in [5.74, 6) is -0.455. The quantitative estimate of drug-likeness (QED) is 0.140. The number of halogens is 1. The number of nitro groups is 1. The molecule has 2 fully saturated rings. The Balaban J connectivity index is 1.10. The number of carbonyl (C=O) groups is 1. The number of hydrogen-bond acceptors (Lipinski definition) is 9. The lowest BCUT2D eigenvalue weighted by atomic mass is 9.72. The third-order valence-corrected chi connectivity index (χ3v) is 12.6. The zero-order valence-corrected chi connectivity index (χ0v) is 32.3. The Morgan fingerprint density at radius 2 is 1.70 bits per heavy atom. The Morgan fingerprint density at radius 1 is 1.00 bits per heavy atom. The molecule has 0 spiro atoms. The van der Waals surface area contributed by atoms with Crippen molar-refractivity contribution >= 4 is 50.2 Å². The second kappa shape index (κ2) is 16.6. The molecule has 1 heterocycles. The van der Waals surface area contributed by atoms with Gasteiger partial charge in [-0.25, -0.2) is 13.1 Å². The van der Waals surface area contributed by atoms with Gasteiger partial charge < -0.3 is 15.0 Å². The lowest BCUT2D eigenvalue weighted by Crippen LogP contribution is -2.47. The van der Waals surface area contributed by atoms with E-state index in [9.17, 15) is 23.3 Å². The molecule has 53 heavy (non-hydrogen) atoms. The SMILES string of the molecule is COC1CCC(CNc2ccc(S(=O)(=O)NC(=O)c3ccccc3N3CCN(CC4=C(c5ccc(Cl)cc5)CC(C)(C)CC4)CC3)cc2[N+](=O)[O-])CC1. The number of carbonyl (C=O) groups excluding carboxylic acids is 1. The molecule has 6 rings (SSSR count). The summed E-state index contributed by atoms with van der Waals surface area (Å²) in [6.07, 6.45) is 7.19. The van der Waals surface area contributed by atoms with Crippen molar-refractivity contribution in [3.05, 3.63) is 98.6 Å². The summed E-state index contributed by atoms with van der Waals surface area (Å²) in [4.78, 5) is 29.2. The maximum atomic E-state index is 13.6. The van der Waals surface area contributed by atoms with Crippen molar-refractivity contribution in [1.82, 2.24) is 9.62 Å². The Bertz CT molecular complexity index is 1930. The molecule has 2 aliphatic carbocycles. The van der Waals surface area contributed by atoms with Crippen LogP contribution in [0, 0.1) is 21.4 Å². The van der Waals surface area contributed by atoms with E-state index in [1.54, 1.807) is 19.2 Å². The van der Waals surface area contributed by atoms with E-state index in [1.807, 2.05) is 24.3 Å². The van der Waals surface area contributed by atoms with Crippen LogP contribution in [0.1, 0.15) is 74.7 Å². The molecule has 3 aromatic carbocycles. The predicted octanol–water partition coefficient (Wildman–Crippen LogP) is 7.77. The van der Waals surface area contributed by atoms with Gasteiger partial charge >= 0.3 is 0 Å². The highest BCUT2D eigenvalue weighted by atomic mass is 35.5. The first-order valence-corrected chi connectivity index (χ1v) is 20.3. The predicted molar refractivity (Wildman–Crippen MR) is 210 cm³/mol. The van der Waals surface area contributed by atoms with Crippen molar-refractivity contribution in [2.45, 2.75) is 69.8 Å². The van der Waals surface area contributed by atoms with Crippen molar-refractivity contribution in [3.63, 3.8) is 0 Å². The number of amides is 1. The second-order valence-corrected chi connectivity index (χ2v) is 17.5. The number of ether oxygens (including phenoxy) is 1. The van der Waals surface area contributed by atoms with E-state index in [0.29, 0.717) is 31.2 Å². The van der Waals surface area contributed by atoms with Gasteiger partial charge in [0.25, 0.3) is 21.6 Å². The van der Waals surface area contributed by atoms with Crippen LogP contribution in [0.25, 0.3) is 5.57 Å². The first kappa shape index (κ1) is 38.7. The Morgan fingerprint density at radius 3 is 2.38 bits per heavy atom. The lowest BCUT2D eigenvalue weighted by molar-refractivity contribution is -0.384. The van der Waals surface area contributed by atoms with Crippen LogP contribution in [0.3, 0.4) is 0 Å². The summed E-state index contributed by atoms with van der Waals surface area (Å²) >= 11 is 6.20. The fourth-order valence-corrected chi connectivity index (χ4v) is 8.97. The molecule has 1 saturated heterocycles. The van der Waals surface area contributed by atoms with Crippen LogP contribution in [0.4, 0.5) is 17.1 Å². The lowest BCUT2D eigenvalue weighted by Gasteiger charge is -2.39. The Kier molecular flexibility index (Phi) is 12.1. The third-order valence-electron chi connectivity index (χ3n) is 11.1. The van der Waals surface area contributed by atoms with E-state index in [2.05, 4.69) is 45.8 Å². The first-order valence-electron chi connectivity index (χ1n) is 18.5. The molecule has 13 heteroatoms. The standard InChI is InChI=1S/C40H50ClN5O6S/c1-40(2)19-18-30(35(25-40)29-10-12-31(41)13-11-29)27-44-20-22-45(23-21-44)37-7-5-4-6-34(37)39(47)43-53(50,51)33-16-17-36(38(24-33)46(48)49)42-26-28-8-14-32(52-3)15-9-28/h4-7,10-13,16-17,24,28,32,42H,8-9,14-15,18-23,25-27H2,1-3H3,(H,43,47). The van der Waals surface area contributed by atoms with Gasteiger partial charge in [0.15, 0.2) is 0 Å². The average Bonchev–Trinajstić information content (AvgIpc) is 3.15. The molecule has 3 aliphatic rings. The maximum Gasteiger partial charge on any atom is 0.293 e. The molecule has 0 aromatic heterocycles. The zero-order valence-electron chi connectivity index (χ0n) is 30.8. The molecule has 284 valence electrons. The number of piperazine rings is 1. The van der Waals surface area contributed by atoms with Crippen LogP contribution >= 0.6 is 11.6 Å². The van der Waals surface area contributed by atoms with Crippen molar-refractivity contribution < 1.29 is 22.9 Å². The van der Waals surface area contributed by atoms with Crippen molar-refractivity contribution in [2.75, 3.05) is 56.6 Å². The Hall–Kier alpha value is -3.97. The number of benzene rings is 3. The number of nitrogens with zero attached hydrogens (tertiary/aromatic N) is 3. The number of hydrogen-bond donors (Lipinski definition) is 2. The van der Waals surface area contributed by atoms with Gasteiger partial charge in [0, 0.05) is 63.2 Å². The Labute approximate surface area is 317 Å². The van der Waals surface area contributed by atoms with Crippen molar-refractivity contribution in [3.8, 4) is 0 Å². The molecule has 0 radical (unpaired) electrons. The van der Waals surface area contributed by atoms with Gasteiger partial charge in [0.1, 0.15) is 5.69 Å². The normalized spacial score (nSPS) is 20.9. The van der Waals surface area contributed by atoms with Crippen molar-refractivity contribution in [2.24, 2.45) is 11.3 Å². The number of methoxy groups -OCH3 is 1. The highest BCUT2D eigenvalue weighted by Crippen LogP contribution is 2.43. The summed E-state index contributed by atoms with van der Waals surface area (Å²) in [6, 6.07) is 18.8. The summed E-state index contributed by atoms with van der Waals surface area (Å²) in [5.41, 5.74) is 5.06. The fraction of sp³-hybridized carbons (Fsp3) is 0.475. The number of anilines is 2. The van der Waals surface area contributed by atoms with Gasteiger partial charge in [-0.05, 0) is 104 Å². The monoisotopic (exact) mass is 763 g/mol. The number of allylic oxidation sites excluding steroid dienone is 1. The minimum absolute atomic E-state index is 0.225. The van der Waals surface area contributed by atoms with Gasteiger partial charge in [-0.3, -0.25) is 19.8 Å². The van der Waals surface area contributed by atoms with Crippen LogP contribution in [0.5, 0.6) is 0 Å². The number of para-hydroxylation sites is 1.